The third kappa shape index (κ3) is 2.63. The van der Waals surface area contributed by atoms with Crippen molar-refractivity contribution in [2.75, 3.05) is 0 Å². The lowest BCUT2D eigenvalue weighted by atomic mass is 9.74. The molecule has 1 saturated carbocycles. The molecule has 0 radical (unpaired) electrons. The van der Waals surface area contributed by atoms with Crippen LogP contribution in [0.2, 0.25) is 0 Å². The second-order valence-electron chi connectivity index (χ2n) is 6.55. The zero-order valence-electron chi connectivity index (χ0n) is 12.2. The molecule has 1 aliphatic carbocycles. The average molecular weight is 270 g/mol. The molecule has 0 spiro atoms. The number of nitrogens with zero attached hydrogens (tertiary/aromatic N) is 1. The number of ether oxygens (including phenoxy) is 1. The number of nitrogens with two attached hydrogens (primary N) is 1. The fourth-order valence-corrected chi connectivity index (χ4v) is 3.01. The van der Waals surface area contributed by atoms with Gasteiger partial charge in [-0.05, 0) is 48.9 Å². The number of hydrogen-bond acceptors (Lipinski definition) is 3. The van der Waals surface area contributed by atoms with Crippen molar-refractivity contribution in [3.05, 3.63) is 36.5 Å². The Morgan fingerprint density at radius 1 is 1.25 bits per heavy atom. The molecule has 2 aromatic rings. The van der Waals surface area contributed by atoms with Crippen LogP contribution < -0.4 is 10.5 Å². The molecule has 0 saturated heterocycles. The van der Waals surface area contributed by atoms with Crippen molar-refractivity contribution in [2.45, 2.75) is 45.3 Å². The van der Waals surface area contributed by atoms with Gasteiger partial charge in [0.2, 0.25) is 0 Å². The molecule has 1 heterocycles. The number of hydrogen-bond donors (Lipinski definition) is 1. The fourth-order valence-electron chi connectivity index (χ4n) is 3.01. The summed E-state index contributed by atoms with van der Waals surface area (Å²) in [5.74, 6) is 0.897. The number of fused-ring (bicyclic) bond motifs is 1. The van der Waals surface area contributed by atoms with Crippen molar-refractivity contribution < 1.29 is 4.74 Å². The molecule has 0 amide bonds. The highest BCUT2D eigenvalue weighted by Gasteiger charge is 2.34. The minimum absolute atomic E-state index is 0.0876. The SMILES string of the molecule is CC1(C)CCC(N)C(Oc2cccc3ncccc23)C1. The van der Waals surface area contributed by atoms with E-state index < -0.39 is 0 Å². The summed E-state index contributed by atoms with van der Waals surface area (Å²) in [5, 5.41) is 1.06. The van der Waals surface area contributed by atoms with E-state index in [0.717, 1.165) is 29.5 Å². The van der Waals surface area contributed by atoms with Crippen LogP contribution >= 0.6 is 0 Å². The minimum Gasteiger partial charge on any atom is -0.488 e. The lowest BCUT2D eigenvalue weighted by Gasteiger charge is -2.39. The molecule has 3 nitrogen and oxygen atoms in total. The summed E-state index contributed by atoms with van der Waals surface area (Å²) in [6.45, 7) is 4.58. The molecule has 2 atom stereocenters. The van der Waals surface area contributed by atoms with Crippen LogP contribution in [-0.4, -0.2) is 17.1 Å². The van der Waals surface area contributed by atoms with Gasteiger partial charge >= 0.3 is 0 Å². The fraction of sp³-hybridized carbons (Fsp3) is 0.471. The Bertz CT molecular complexity index is 603. The maximum atomic E-state index is 6.25. The molecule has 2 N–H and O–H groups in total. The average Bonchev–Trinajstić information content (AvgIpc) is 2.43. The molecule has 1 fully saturated rings. The summed E-state index contributed by atoms with van der Waals surface area (Å²) in [6, 6.07) is 10.1. The highest BCUT2D eigenvalue weighted by Crippen LogP contribution is 2.37. The van der Waals surface area contributed by atoms with Gasteiger partial charge in [-0.3, -0.25) is 4.98 Å². The molecule has 1 aromatic carbocycles. The highest BCUT2D eigenvalue weighted by molar-refractivity contribution is 5.84. The Balaban J connectivity index is 1.89. The van der Waals surface area contributed by atoms with Crippen molar-refractivity contribution in [1.29, 1.82) is 0 Å². The van der Waals surface area contributed by atoms with Crippen LogP contribution in [-0.2, 0) is 0 Å². The Morgan fingerprint density at radius 3 is 2.95 bits per heavy atom. The summed E-state index contributed by atoms with van der Waals surface area (Å²) in [5.41, 5.74) is 7.53. The Kier molecular flexibility index (Phi) is 3.38. The molecule has 3 rings (SSSR count). The summed E-state index contributed by atoms with van der Waals surface area (Å²) in [7, 11) is 0. The first kappa shape index (κ1) is 13.4. The molecule has 0 aliphatic heterocycles. The number of pyridine rings is 1. The lowest BCUT2D eigenvalue weighted by molar-refractivity contribution is 0.0680. The van der Waals surface area contributed by atoms with E-state index in [9.17, 15) is 0 Å². The van der Waals surface area contributed by atoms with E-state index in [2.05, 4.69) is 24.9 Å². The number of rotatable bonds is 2. The maximum Gasteiger partial charge on any atom is 0.129 e. The van der Waals surface area contributed by atoms with Gasteiger partial charge in [-0.15, -0.1) is 0 Å². The summed E-state index contributed by atoms with van der Waals surface area (Å²) < 4.78 is 6.25. The third-order valence-corrected chi connectivity index (χ3v) is 4.27. The van der Waals surface area contributed by atoms with E-state index in [4.69, 9.17) is 10.5 Å². The van der Waals surface area contributed by atoms with Crippen LogP contribution in [0.25, 0.3) is 10.9 Å². The third-order valence-electron chi connectivity index (χ3n) is 4.27. The van der Waals surface area contributed by atoms with Crippen LogP contribution in [0.3, 0.4) is 0 Å². The second kappa shape index (κ2) is 5.06. The Morgan fingerprint density at radius 2 is 2.10 bits per heavy atom. The van der Waals surface area contributed by atoms with E-state index in [-0.39, 0.29) is 12.1 Å². The first-order chi connectivity index (χ1) is 9.55. The van der Waals surface area contributed by atoms with Crippen molar-refractivity contribution in [2.24, 2.45) is 11.1 Å². The van der Waals surface area contributed by atoms with Gasteiger partial charge in [-0.1, -0.05) is 19.9 Å². The maximum absolute atomic E-state index is 6.25. The molecular formula is C17H22N2O. The van der Waals surface area contributed by atoms with Crippen LogP contribution in [0.4, 0.5) is 0 Å². The van der Waals surface area contributed by atoms with Crippen LogP contribution in [0.5, 0.6) is 5.75 Å². The van der Waals surface area contributed by atoms with E-state index in [1.807, 2.05) is 30.5 Å². The smallest absolute Gasteiger partial charge is 0.129 e. The molecule has 20 heavy (non-hydrogen) atoms. The summed E-state index contributed by atoms with van der Waals surface area (Å²) >= 11 is 0. The van der Waals surface area contributed by atoms with Gasteiger partial charge in [0.15, 0.2) is 0 Å². The minimum atomic E-state index is 0.0876. The van der Waals surface area contributed by atoms with Gasteiger partial charge in [0, 0.05) is 17.6 Å². The molecule has 2 unspecified atom stereocenters. The monoisotopic (exact) mass is 270 g/mol. The Labute approximate surface area is 120 Å². The molecule has 106 valence electrons. The van der Waals surface area contributed by atoms with Crippen LogP contribution in [0.15, 0.2) is 36.5 Å². The predicted octanol–water partition coefficient (Wildman–Crippen LogP) is 3.52. The predicted molar refractivity (Wildman–Crippen MR) is 81.8 cm³/mol. The van der Waals surface area contributed by atoms with Gasteiger partial charge < -0.3 is 10.5 Å². The van der Waals surface area contributed by atoms with Gasteiger partial charge in [0.1, 0.15) is 11.9 Å². The first-order valence-electron chi connectivity index (χ1n) is 7.31. The van der Waals surface area contributed by atoms with E-state index in [1.54, 1.807) is 0 Å². The molecule has 1 aromatic heterocycles. The van der Waals surface area contributed by atoms with Crippen molar-refractivity contribution in [3.8, 4) is 5.75 Å². The second-order valence-corrected chi connectivity index (χ2v) is 6.55. The standard InChI is InChI=1S/C17H22N2O/c1-17(2)9-8-13(18)16(11-17)20-15-7-3-6-14-12(15)5-4-10-19-14/h3-7,10,13,16H,8-9,11,18H2,1-2H3. The van der Waals surface area contributed by atoms with E-state index in [1.165, 1.54) is 6.42 Å². The molecule has 0 bridgehead atoms. The van der Waals surface area contributed by atoms with Crippen molar-refractivity contribution in [1.82, 2.24) is 4.98 Å². The molecular weight excluding hydrogens is 248 g/mol. The van der Waals surface area contributed by atoms with Gasteiger partial charge in [-0.25, -0.2) is 0 Å². The normalized spacial score (nSPS) is 25.6. The van der Waals surface area contributed by atoms with Gasteiger partial charge in [-0.2, -0.15) is 0 Å². The molecule has 3 heteroatoms. The number of aromatic nitrogens is 1. The van der Waals surface area contributed by atoms with Crippen LogP contribution in [0, 0.1) is 5.41 Å². The topological polar surface area (TPSA) is 48.1 Å². The van der Waals surface area contributed by atoms with Gasteiger partial charge in [0.25, 0.3) is 0 Å². The van der Waals surface area contributed by atoms with E-state index >= 15 is 0 Å². The summed E-state index contributed by atoms with van der Waals surface area (Å²) in [4.78, 5) is 4.37. The number of benzene rings is 1. The van der Waals surface area contributed by atoms with E-state index in [0.29, 0.717) is 5.41 Å². The zero-order chi connectivity index (χ0) is 14.2. The van der Waals surface area contributed by atoms with Crippen molar-refractivity contribution in [3.63, 3.8) is 0 Å². The first-order valence-corrected chi connectivity index (χ1v) is 7.31. The molecule has 1 aliphatic rings. The van der Waals surface area contributed by atoms with Gasteiger partial charge in [0.05, 0.1) is 5.52 Å². The van der Waals surface area contributed by atoms with Crippen molar-refractivity contribution >= 4 is 10.9 Å². The quantitative estimate of drug-likeness (QED) is 0.908. The lowest BCUT2D eigenvalue weighted by Crippen LogP contribution is -2.46. The zero-order valence-corrected chi connectivity index (χ0v) is 12.2. The summed E-state index contributed by atoms with van der Waals surface area (Å²) in [6.07, 6.45) is 5.10. The van der Waals surface area contributed by atoms with Crippen LogP contribution in [0.1, 0.15) is 33.1 Å². The highest BCUT2D eigenvalue weighted by atomic mass is 16.5. The largest absolute Gasteiger partial charge is 0.488 e. The Hall–Kier alpha value is -1.61.